The molecule has 7 nitrogen and oxygen atoms in total. The number of rotatable bonds is 4. The largest absolute Gasteiger partial charge is 0.444 e. The Kier molecular flexibility index (Phi) is 3.83. The highest BCUT2D eigenvalue weighted by Crippen LogP contribution is 2.28. The first-order valence-corrected chi connectivity index (χ1v) is 8.34. The smallest absolute Gasteiger partial charge is 0.334 e. The SMILES string of the molecule is O=C1C(=O)N(C2CCCC2)C(=O)N1Cc1coc(-c2ccccc2)n1. The Morgan fingerprint density at radius 1 is 1.04 bits per heavy atom. The van der Waals surface area contributed by atoms with Crippen molar-refractivity contribution in [2.75, 3.05) is 0 Å². The number of oxazole rings is 1. The van der Waals surface area contributed by atoms with Gasteiger partial charge in [-0.05, 0) is 25.0 Å². The average Bonchev–Trinajstić information content (AvgIpc) is 3.35. The maximum Gasteiger partial charge on any atom is 0.334 e. The minimum atomic E-state index is -0.791. The lowest BCUT2D eigenvalue weighted by Crippen LogP contribution is -2.39. The third-order valence-electron chi connectivity index (χ3n) is 4.67. The number of imide groups is 2. The number of urea groups is 1. The van der Waals surface area contributed by atoms with Crippen LogP contribution in [0.5, 0.6) is 0 Å². The highest BCUT2D eigenvalue weighted by molar-refractivity contribution is 6.44. The van der Waals surface area contributed by atoms with Crippen LogP contribution in [-0.4, -0.2) is 38.7 Å². The van der Waals surface area contributed by atoms with Gasteiger partial charge in [-0.25, -0.2) is 14.7 Å². The summed E-state index contributed by atoms with van der Waals surface area (Å²) in [7, 11) is 0. The van der Waals surface area contributed by atoms with E-state index in [0.29, 0.717) is 11.6 Å². The van der Waals surface area contributed by atoms with Crippen LogP contribution in [0.3, 0.4) is 0 Å². The summed E-state index contributed by atoms with van der Waals surface area (Å²) in [6.45, 7) is -0.0665. The molecule has 0 spiro atoms. The van der Waals surface area contributed by atoms with Gasteiger partial charge in [0, 0.05) is 11.6 Å². The normalized spacial score (nSPS) is 18.6. The van der Waals surface area contributed by atoms with Gasteiger partial charge >= 0.3 is 17.8 Å². The minimum absolute atomic E-state index is 0.0665. The van der Waals surface area contributed by atoms with Gasteiger partial charge in [0.25, 0.3) is 0 Å². The molecule has 4 rings (SSSR count). The number of nitrogens with zero attached hydrogens (tertiary/aromatic N) is 3. The van der Waals surface area contributed by atoms with Crippen molar-refractivity contribution >= 4 is 17.8 Å². The fourth-order valence-corrected chi connectivity index (χ4v) is 3.40. The Hall–Kier alpha value is -2.96. The van der Waals surface area contributed by atoms with Gasteiger partial charge in [-0.1, -0.05) is 31.0 Å². The second-order valence-electron chi connectivity index (χ2n) is 6.30. The van der Waals surface area contributed by atoms with Gasteiger partial charge in [0.15, 0.2) is 0 Å². The molecule has 128 valence electrons. The Morgan fingerprint density at radius 2 is 1.76 bits per heavy atom. The summed E-state index contributed by atoms with van der Waals surface area (Å²) in [6, 6.07) is 8.62. The number of benzene rings is 1. The first-order valence-electron chi connectivity index (χ1n) is 8.34. The zero-order valence-corrected chi connectivity index (χ0v) is 13.6. The number of amides is 4. The van der Waals surface area contributed by atoms with Crippen molar-refractivity contribution in [3.63, 3.8) is 0 Å². The highest BCUT2D eigenvalue weighted by atomic mass is 16.3. The lowest BCUT2D eigenvalue weighted by Gasteiger charge is -2.20. The lowest BCUT2D eigenvalue weighted by molar-refractivity contribution is -0.144. The van der Waals surface area contributed by atoms with Crippen LogP contribution in [0.2, 0.25) is 0 Å². The molecular weight excluding hydrogens is 322 g/mol. The number of aromatic nitrogens is 1. The van der Waals surface area contributed by atoms with Crippen LogP contribution in [0.1, 0.15) is 31.4 Å². The average molecular weight is 339 g/mol. The van der Waals surface area contributed by atoms with E-state index in [-0.39, 0.29) is 12.6 Å². The molecule has 2 aromatic rings. The van der Waals surface area contributed by atoms with Crippen LogP contribution in [0.15, 0.2) is 41.0 Å². The lowest BCUT2D eigenvalue weighted by atomic mass is 10.2. The van der Waals surface area contributed by atoms with Gasteiger partial charge < -0.3 is 4.42 Å². The predicted molar refractivity (Wildman–Crippen MR) is 87.0 cm³/mol. The molecule has 0 radical (unpaired) electrons. The van der Waals surface area contributed by atoms with Crippen molar-refractivity contribution in [3.8, 4) is 11.5 Å². The summed E-state index contributed by atoms with van der Waals surface area (Å²) < 4.78 is 5.43. The van der Waals surface area contributed by atoms with Gasteiger partial charge in [0.2, 0.25) is 5.89 Å². The van der Waals surface area contributed by atoms with Crippen molar-refractivity contribution in [1.29, 1.82) is 0 Å². The van der Waals surface area contributed by atoms with E-state index in [2.05, 4.69) is 4.98 Å². The van der Waals surface area contributed by atoms with E-state index < -0.39 is 17.8 Å². The van der Waals surface area contributed by atoms with E-state index in [1.54, 1.807) is 0 Å². The summed E-state index contributed by atoms with van der Waals surface area (Å²) in [4.78, 5) is 43.4. The molecule has 0 bridgehead atoms. The summed E-state index contributed by atoms with van der Waals surface area (Å²) >= 11 is 0. The van der Waals surface area contributed by atoms with E-state index in [1.807, 2.05) is 30.3 Å². The molecule has 2 heterocycles. The topological polar surface area (TPSA) is 83.7 Å². The van der Waals surface area contributed by atoms with Crippen molar-refractivity contribution in [3.05, 3.63) is 42.3 Å². The van der Waals surface area contributed by atoms with Crippen LogP contribution in [0.25, 0.3) is 11.5 Å². The standard InChI is InChI=1S/C18H17N3O4/c22-16-17(23)21(14-8-4-5-9-14)18(24)20(16)10-13-11-25-15(19-13)12-6-2-1-3-7-12/h1-3,6-7,11,14H,4-5,8-10H2. The molecule has 1 aromatic heterocycles. The van der Waals surface area contributed by atoms with E-state index in [9.17, 15) is 14.4 Å². The molecule has 0 atom stereocenters. The van der Waals surface area contributed by atoms with Crippen molar-refractivity contribution in [2.45, 2.75) is 38.3 Å². The molecule has 0 N–H and O–H groups in total. The van der Waals surface area contributed by atoms with E-state index in [4.69, 9.17) is 4.42 Å². The first kappa shape index (κ1) is 15.6. The molecular formula is C18H17N3O4. The van der Waals surface area contributed by atoms with Gasteiger partial charge in [-0.15, -0.1) is 0 Å². The second kappa shape index (κ2) is 6.16. The van der Waals surface area contributed by atoms with Crippen molar-refractivity contribution < 1.29 is 18.8 Å². The predicted octanol–water partition coefficient (Wildman–Crippen LogP) is 2.58. The second-order valence-corrected chi connectivity index (χ2v) is 6.30. The Labute approximate surface area is 144 Å². The third-order valence-corrected chi connectivity index (χ3v) is 4.67. The fraction of sp³-hybridized carbons (Fsp3) is 0.333. The Balaban J connectivity index is 1.53. The van der Waals surface area contributed by atoms with Gasteiger partial charge in [0.05, 0.1) is 12.2 Å². The van der Waals surface area contributed by atoms with Gasteiger partial charge in [0.1, 0.15) is 6.26 Å². The number of hydrogen-bond acceptors (Lipinski definition) is 5. The molecule has 25 heavy (non-hydrogen) atoms. The Morgan fingerprint density at radius 3 is 2.48 bits per heavy atom. The highest BCUT2D eigenvalue weighted by Gasteiger charge is 2.48. The maximum absolute atomic E-state index is 12.5. The van der Waals surface area contributed by atoms with Crippen LogP contribution in [0, 0.1) is 0 Å². The molecule has 1 aliphatic carbocycles. The number of carbonyl (C=O) groups is 3. The summed E-state index contributed by atoms with van der Waals surface area (Å²) in [6.07, 6.45) is 4.88. The maximum atomic E-state index is 12.5. The zero-order chi connectivity index (χ0) is 17.4. The number of hydrogen-bond donors (Lipinski definition) is 0. The molecule has 1 saturated heterocycles. The van der Waals surface area contributed by atoms with E-state index >= 15 is 0 Å². The van der Waals surface area contributed by atoms with Gasteiger partial charge in [-0.2, -0.15) is 0 Å². The molecule has 1 aromatic carbocycles. The Bertz CT molecular complexity index is 824. The van der Waals surface area contributed by atoms with Gasteiger partial charge in [-0.3, -0.25) is 14.5 Å². The first-order chi connectivity index (χ1) is 12.1. The summed E-state index contributed by atoms with van der Waals surface area (Å²) in [5.41, 5.74) is 1.23. The molecule has 2 fully saturated rings. The van der Waals surface area contributed by atoms with Crippen LogP contribution in [0.4, 0.5) is 4.79 Å². The van der Waals surface area contributed by atoms with Crippen LogP contribution >= 0.6 is 0 Å². The third kappa shape index (κ3) is 2.71. The fourth-order valence-electron chi connectivity index (χ4n) is 3.40. The van der Waals surface area contributed by atoms with Crippen molar-refractivity contribution in [2.24, 2.45) is 0 Å². The van der Waals surface area contributed by atoms with Crippen molar-refractivity contribution in [1.82, 2.24) is 14.8 Å². The molecule has 0 unspecified atom stereocenters. The number of carbonyl (C=O) groups excluding carboxylic acids is 3. The van der Waals surface area contributed by atoms with E-state index in [1.165, 1.54) is 6.26 Å². The van der Waals surface area contributed by atoms with E-state index in [0.717, 1.165) is 41.0 Å². The molecule has 1 saturated carbocycles. The molecule has 2 aliphatic rings. The quantitative estimate of drug-likeness (QED) is 0.631. The van der Waals surface area contributed by atoms with Crippen LogP contribution < -0.4 is 0 Å². The molecule has 7 heteroatoms. The summed E-state index contributed by atoms with van der Waals surface area (Å²) in [5, 5.41) is 0. The molecule has 4 amide bonds. The monoisotopic (exact) mass is 339 g/mol. The zero-order valence-electron chi connectivity index (χ0n) is 13.6. The van der Waals surface area contributed by atoms with Crippen LogP contribution in [-0.2, 0) is 16.1 Å². The molecule has 1 aliphatic heterocycles. The minimum Gasteiger partial charge on any atom is -0.444 e. The summed E-state index contributed by atoms with van der Waals surface area (Å²) in [5.74, 6) is -1.11.